The molecule has 1 aromatic carbocycles. The van der Waals surface area contributed by atoms with Crippen molar-refractivity contribution in [1.29, 1.82) is 5.26 Å². The number of thiophene rings is 1. The first kappa shape index (κ1) is 18.1. The van der Waals surface area contributed by atoms with Gasteiger partial charge in [0.2, 0.25) is 10.0 Å². The fourth-order valence-corrected chi connectivity index (χ4v) is 4.42. The molecule has 0 spiro atoms. The molecule has 1 aromatic heterocycles. The van der Waals surface area contributed by atoms with Crippen molar-refractivity contribution in [3.05, 3.63) is 46.8 Å². The Labute approximate surface area is 145 Å². The molecular formula is C16H17N3O3S2. The van der Waals surface area contributed by atoms with Gasteiger partial charge in [-0.2, -0.15) is 9.57 Å². The Hall–Kier alpha value is -2.21. The van der Waals surface area contributed by atoms with E-state index in [0.29, 0.717) is 23.7 Å². The predicted octanol–water partition coefficient (Wildman–Crippen LogP) is 2.90. The lowest BCUT2D eigenvalue weighted by molar-refractivity contribution is 0.102. The third kappa shape index (κ3) is 3.64. The van der Waals surface area contributed by atoms with Crippen LogP contribution < -0.4 is 5.32 Å². The zero-order chi connectivity index (χ0) is 17.7. The summed E-state index contributed by atoms with van der Waals surface area (Å²) in [5.74, 6) is -0.453. The Morgan fingerprint density at radius 3 is 2.62 bits per heavy atom. The minimum Gasteiger partial charge on any atom is -0.312 e. The molecule has 1 N–H and O–H groups in total. The van der Waals surface area contributed by atoms with Crippen molar-refractivity contribution in [2.75, 3.05) is 18.4 Å². The van der Waals surface area contributed by atoms with E-state index in [4.69, 9.17) is 5.26 Å². The van der Waals surface area contributed by atoms with Crippen LogP contribution in [0.5, 0.6) is 0 Å². The van der Waals surface area contributed by atoms with Gasteiger partial charge in [-0.15, -0.1) is 11.3 Å². The summed E-state index contributed by atoms with van der Waals surface area (Å²) in [5, 5.41) is 13.8. The Kier molecular flexibility index (Phi) is 5.72. The molecule has 0 unspecified atom stereocenters. The van der Waals surface area contributed by atoms with Crippen LogP contribution in [0.1, 0.15) is 29.8 Å². The number of hydrogen-bond donors (Lipinski definition) is 1. The van der Waals surface area contributed by atoms with E-state index in [-0.39, 0.29) is 10.5 Å². The lowest BCUT2D eigenvalue weighted by atomic mass is 10.2. The van der Waals surface area contributed by atoms with E-state index in [1.54, 1.807) is 25.3 Å². The van der Waals surface area contributed by atoms with Crippen LogP contribution in [0.2, 0.25) is 0 Å². The van der Waals surface area contributed by atoms with E-state index < -0.39 is 15.9 Å². The zero-order valence-electron chi connectivity index (χ0n) is 13.3. The molecule has 0 atom stereocenters. The number of amides is 1. The van der Waals surface area contributed by atoms with Crippen LogP contribution in [0.15, 0.2) is 40.6 Å². The van der Waals surface area contributed by atoms with Gasteiger partial charge in [0, 0.05) is 18.7 Å². The number of nitrogens with zero attached hydrogens (tertiary/aromatic N) is 2. The molecule has 0 aliphatic heterocycles. The highest BCUT2D eigenvalue weighted by atomic mass is 32.2. The number of nitrogens with one attached hydrogen (secondary N) is 1. The van der Waals surface area contributed by atoms with Crippen molar-refractivity contribution in [1.82, 2.24) is 4.31 Å². The van der Waals surface area contributed by atoms with Crippen LogP contribution >= 0.6 is 11.3 Å². The number of nitriles is 1. The summed E-state index contributed by atoms with van der Waals surface area (Å²) in [6, 6.07) is 9.49. The maximum Gasteiger partial charge on any atom is 0.256 e. The molecule has 6 nitrogen and oxygen atoms in total. The highest BCUT2D eigenvalue weighted by Gasteiger charge is 2.22. The lowest BCUT2D eigenvalue weighted by Crippen LogP contribution is -2.30. The molecule has 126 valence electrons. The highest BCUT2D eigenvalue weighted by Crippen LogP contribution is 2.23. The molecule has 0 fully saturated rings. The smallest absolute Gasteiger partial charge is 0.256 e. The van der Waals surface area contributed by atoms with Crippen molar-refractivity contribution < 1.29 is 13.2 Å². The van der Waals surface area contributed by atoms with Crippen molar-refractivity contribution in [3.8, 4) is 6.07 Å². The minimum atomic E-state index is -3.63. The Morgan fingerprint density at radius 2 is 2.00 bits per heavy atom. The maximum atomic E-state index is 12.5. The molecular weight excluding hydrogens is 346 g/mol. The topological polar surface area (TPSA) is 90.3 Å². The van der Waals surface area contributed by atoms with Crippen molar-refractivity contribution >= 4 is 32.3 Å². The molecule has 0 saturated heterocycles. The summed E-state index contributed by atoms with van der Waals surface area (Å²) in [6.45, 7) is 4.24. The van der Waals surface area contributed by atoms with E-state index in [1.807, 2.05) is 6.07 Å². The monoisotopic (exact) mass is 363 g/mol. The van der Waals surface area contributed by atoms with Gasteiger partial charge in [0.15, 0.2) is 0 Å². The maximum absolute atomic E-state index is 12.5. The van der Waals surface area contributed by atoms with Gasteiger partial charge in [0.05, 0.1) is 10.5 Å². The molecule has 0 aliphatic carbocycles. The molecule has 0 aliphatic rings. The Bertz CT molecular complexity index is 878. The van der Waals surface area contributed by atoms with Crippen molar-refractivity contribution in [2.24, 2.45) is 0 Å². The summed E-state index contributed by atoms with van der Waals surface area (Å²) in [6.07, 6.45) is 0. The number of benzene rings is 1. The van der Waals surface area contributed by atoms with Gasteiger partial charge in [-0.1, -0.05) is 19.9 Å². The summed E-state index contributed by atoms with van der Waals surface area (Å²) in [7, 11) is -3.63. The van der Waals surface area contributed by atoms with Gasteiger partial charge >= 0.3 is 0 Å². The number of rotatable bonds is 6. The lowest BCUT2D eigenvalue weighted by Gasteiger charge is -2.18. The van der Waals surface area contributed by atoms with E-state index in [0.717, 1.165) is 0 Å². The second kappa shape index (κ2) is 7.57. The van der Waals surface area contributed by atoms with E-state index >= 15 is 0 Å². The number of hydrogen-bond acceptors (Lipinski definition) is 5. The molecule has 0 bridgehead atoms. The zero-order valence-corrected chi connectivity index (χ0v) is 14.9. The van der Waals surface area contributed by atoms with Crippen LogP contribution in [-0.2, 0) is 10.0 Å². The van der Waals surface area contributed by atoms with Gasteiger partial charge < -0.3 is 5.32 Å². The summed E-state index contributed by atoms with van der Waals surface area (Å²) in [5.41, 5.74) is 0.598. The summed E-state index contributed by atoms with van der Waals surface area (Å²) < 4.78 is 26.4. The minimum absolute atomic E-state index is 0.0746. The molecule has 8 heteroatoms. The van der Waals surface area contributed by atoms with Crippen LogP contribution in [0.4, 0.5) is 5.00 Å². The molecule has 2 aromatic rings. The van der Waals surface area contributed by atoms with E-state index in [9.17, 15) is 13.2 Å². The average molecular weight is 363 g/mol. The second-order valence-corrected chi connectivity index (χ2v) is 7.70. The molecule has 0 saturated carbocycles. The number of sulfonamides is 1. The third-order valence-corrected chi connectivity index (χ3v) is 6.33. The summed E-state index contributed by atoms with van der Waals surface area (Å²) in [4.78, 5) is 12.4. The first-order valence-electron chi connectivity index (χ1n) is 7.33. The van der Waals surface area contributed by atoms with Gasteiger partial charge in [-0.25, -0.2) is 8.42 Å². The number of anilines is 1. The van der Waals surface area contributed by atoms with E-state index in [2.05, 4.69) is 5.32 Å². The first-order valence-corrected chi connectivity index (χ1v) is 9.65. The fourth-order valence-electron chi connectivity index (χ4n) is 2.18. The normalized spacial score (nSPS) is 11.2. The largest absolute Gasteiger partial charge is 0.312 e. The SMILES string of the molecule is CCN(CC)S(=O)(=O)c1cccc(C(=O)Nc2sccc2C#N)c1. The number of carbonyl (C=O) groups is 1. The van der Waals surface area contributed by atoms with Crippen molar-refractivity contribution in [3.63, 3.8) is 0 Å². The van der Waals surface area contributed by atoms with Crippen LogP contribution in [0.25, 0.3) is 0 Å². The van der Waals surface area contributed by atoms with Crippen molar-refractivity contribution in [2.45, 2.75) is 18.7 Å². The quantitative estimate of drug-likeness (QED) is 0.854. The highest BCUT2D eigenvalue weighted by molar-refractivity contribution is 7.89. The van der Waals surface area contributed by atoms with Gasteiger partial charge in [0.1, 0.15) is 11.1 Å². The Balaban J connectivity index is 2.31. The van der Waals surface area contributed by atoms with Gasteiger partial charge in [-0.3, -0.25) is 4.79 Å². The molecule has 2 rings (SSSR count). The van der Waals surface area contributed by atoms with Crippen LogP contribution in [0, 0.1) is 11.3 Å². The molecule has 24 heavy (non-hydrogen) atoms. The molecule has 1 heterocycles. The Morgan fingerprint density at radius 1 is 1.29 bits per heavy atom. The van der Waals surface area contributed by atoms with Gasteiger partial charge in [0.25, 0.3) is 5.91 Å². The summed E-state index contributed by atoms with van der Waals surface area (Å²) >= 11 is 1.24. The van der Waals surface area contributed by atoms with E-state index in [1.165, 1.54) is 39.9 Å². The molecule has 0 radical (unpaired) electrons. The molecule has 1 amide bonds. The van der Waals surface area contributed by atoms with Crippen LogP contribution in [-0.4, -0.2) is 31.7 Å². The van der Waals surface area contributed by atoms with Crippen LogP contribution in [0.3, 0.4) is 0 Å². The number of carbonyl (C=O) groups excluding carboxylic acids is 1. The fraction of sp³-hybridized carbons (Fsp3) is 0.250. The second-order valence-electron chi connectivity index (χ2n) is 4.85. The van der Waals surface area contributed by atoms with Gasteiger partial charge in [-0.05, 0) is 29.6 Å². The first-order chi connectivity index (χ1) is 11.4. The predicted molar refractivity (Wildman–Crippen MR) is 93.5 cm³/mol. The third-order valence-electron chi connectivity index (χ3n) is 3.45. The average Bonchev–Trinajstić information content (AvgIpc) is 3.03. The standard InChI is InChI=1S/C16H17N3O3S2/c1-3-19(4-2)24(21,22)14-7-5-6-12(10-14)15(20)18-16-13(11-17)8-9-23-16/h5-10H,3-4H2,1-2H3,(H,18,20).